The van der Waals surface area contributed by atoms with Crippen molar-refractivity contribution >= 4 is 17.2 Å². The van der Waals surface area contributed by atoms with E-state index in [1.807, 2.05) is 12.1 Å². The highest BCUT2D eigenvalue weighted by molar-refractivity contribution is 5.95. The molecule has 2 N–H and O–H groups in total. The summed E-state index contributed by atoms with van der Waals surface area (Å²) in [6.07, 6.45) is 4.06. The zero-order chi connectivity index (χ0) is 16.4. The Morgan fingerprint density at radius 2 is 1.83 bits per heavy atom. The summed E-state index contributed by atoms with van der Waals surface area (Å²) in [6.45, 7) is 8.61. The molecule has 1 aromatic carbocycles. The van der Waals surface area contributed by atoms with Gasteiger partial charge in [0.2, 0.25) is 0 Å². The lowest BCUT2D eigenvalue weighted by molar-refractivity contribution is 0.237. The van der Waals surface area contributed by atoms with Crippen molar-refractivity contribution in [1.82, 2.24) is 9.88 Å². The Kier molecular flexibility index (Phi) is 4.22. The normalized spacial score (nSPS) is 16.9. The summed E-state index contributed by atoms with van der Waals surface area (Å²) in [6, 6.07) is 12.4. The third-order valence-electron chi connectivity index (χ3n) is 4.87. The van der Waals surface area contributed by atoms with Crippen molar-refractivity contribution in [3.63, 3.8) is 0 Å². The summed E-state index contributed by atoms with van der Waals surface area (Å²) in [5.74, 6) is 0.940. The number of fused-ring (bicyclic) bond motifs is 3. The van der Waals surface area contributed by atoms with Crippen molar-refractivity contribution in [3.05, 3.63) is 48.5 Å². The fourth-order valence-corrected chi connectivity index (χ4v) is 3.57. The molecule has 24 heavy (non-hydrogen) atoms. The van der Waals surface area contributed by atoms with E-state index in [1.54, 1.807) is 0 Å². The van der Waals surface area contributed by atoms with E-state index in [9.17, 15) is 0 Å². The van der Waals surface area contributed by atoms with Crippen LogP contribution in [0.2, 0.25) is 0 Å². The van der Waals surface area contributed by atoms with Crippen LogP contribution >= 0.6 is 0 Å². The van der Waals surface area contributed by atoms with Gasteiger partial charge in [0.05, 0.1) is 11.4 Å². The van der Waals surface area contributed by atoms with Crippen LogP contribution in [0.15, 0.2) is 43.0 Å². The molecule has 4 nitrogen and oxygen atoms in total. The monoisotopic (exact) mass is 320 g/mol. The average molecular weight is 320 g/mol. The van der Waals surface area contributed by atoms with Crippen molar-refractivity contribution in [2.75, 3.05) is 36.8 Å². The van der Waals surface area contributed by atoms with Crippen LogP contribution in [-0.4, -0.2) is 36.1 Å². The lowest BCUT2D eigenvalue weighted by atomic mass is 9.97. The van der Waals surface area contributed by atoms with Crippen LogP contribution in [0.3, 0.4) is 0 Å². The SMILES string of the molecule is C=C1Nc2ccc(NCCN3CCCCC3)nc2-c2ccccc21. The van der Waals surface area contributed by atoms with Crippen LogP contribution in [-0.2, 0) is 0 Å². The third kappa shape index (κ3) is 3.02. The van der Waals surface area contributed by atoms with Gasteiger partial charge in [0, 0.05) is 29.9 Å². The summed E-state index contributed by atoms with van der Waals surface area (Å²) in [4.78, 5) is 7.38. The topological polar surface area (TPSA) is 40.2 Å². The Balaban J connectivity index is 1.48. The van der Waals surface area contributed by atoms with Gasteiger partial charge in [-0.1, -0.05) is 37.3 Å². The van der Waals surface area contributed by atoms with E-state index >= 15 is 0 Å². The summed E-state index contributed by atoms with van der Waals surface area (Å²) < 4.78 is 0. The smallest absolute Gasteiger partial charge is 0.126 e. The molecular weight excluding hydrogens is 296 g/mol. The van der Waals surface area contributed by atoms with Crippen molar-refractivity contribution in [2.24, 2.45) is 0 Å². The largest absolute Gasteiger partial charge is 0.369 e. The first kappa shape index (κ1) is 15.2. The van der Waals surface area contributed by atoms with Crippen LogP contribution < -0.4 is 10.6 Å². The molecule has 0 radical (unpaired) electrons. The number of hydrogen-bond acceptors (Lipinski definition) is 4. The second kappa shape index (κ2) is 6.65. The van der Waals surface area contributed by atoms with Crippen LogP contribution in [0.25, 0.3) is 17.0 Å². The summed E-state index contributed by atoms with van der Waals surface area (Å²) in [5.41, 5.74) is 5.24. The minimum Gasteiger partial charge on any atom is -0.369 e. The highest BCUT2D eigenvalue weighted by atomic mass is 15.1. The van der Waals surface area contributed by atoms with E-state index in [4.69, 9.17) is 4.98 Å². The average Bonchev–Trinajstić information content (AvgIpc) is 2.63. The van der Waals surface area contributed by atoms with Gasteiger partial charge in [0.15, 0.2) is 0 Å². The Morgan fingerprint density at radius 1 is 1.04 bits per heavy atom. The molecule has 1 aromatic heterocycles. The van der Waals surface area contributed by atoms with E-state index in [1.165, 1.54) is 32.4 Å². The fourth-order valence-electron chi connectivity index (χ4n) is 3.57. The van der Waals surface area contributed by atoms with E-state index in [2.05, 4.69) is 46.4 Å². The predicted molar refractivity (Wildman–Crippen MR) is 101 cm³/mol. The molecule has 3 heterocycles. The minimum atomic E-state index is 0.936. The highest BCUT2D eigenvalue weighted by Crippen LogP contribution is 2.38. The fraction of sp³-hybridized carbons (Fsp3) is 0.350. The summed E-state index contributed by atoms with van der Waals surface area (Å²) in [5, 5.41) is 6.84. The minimum absolute atomic E-state index is 0.936. The van der Waals surface area contributed by atoms with Crippen LogP contribution in [0, 0.1) is 0 Å². The molecule has 0 spiro atoms. The molecule has 0 bridgehead atoms. The molecule has 0 aliphatic carbocycles. The Bertz CT molecular complexity index is 747. The van der Waals surface area contributed by atoms with Gasteiger partial charge in [0.1, 0.15) is 5.82 Å². The molecule has 4 heteroatoms. The molecule has 0 saturated carbocycles. The first-order valence-electron chi connectivity index (χ1n) is 8.84. The number of anilines is 2. The van der Waals surface area contributed by atoms with Gasteiger partial charge >= 0.3 is 0 Å². The second-order valence-corrected chi connectivity index (χ2v) is 6.57. The van der Waals surface area contributed by atoms with Gasteiger partial charge in [-0.25, -0.2) is 4.98 Å². The molecule has 0 atom stereocenters. The molecule has 2 aliphatic heterocycles. The molecule has 2 aliphatic rings. The maximum Gasteiger partial charge on any atom is 0.126 e. The van der Waals surface area contributed by atoms with E-state index in [0.29, 0.717) is 0 Å². The zero-order valence-electron chi connectivity index (χ0n) is 14.0. The van der Waals surface area contributed by atoms with Gasteiger partial charge in [-0.05, 0) is 38.1 Å². The molecule has 2 aromatic rings. The van der Waals surface area contributed by atoms with E-state index < -0.39 is 0 Å². The Labute approximate surface area is 143 Å². The quantitative estimate of drug-likeness (QED) is 0.892. The van der Waals surface area contributed by atoms with Crippen LogP contribution in [0.1, 0.15) is 24.8 Å². The van der Waals surface area contributed by atoms with Crippen LogP contribution in [0.4, 0.5) is 11.5 Å². The van der Waals surface area contributed by atoms with E-state index in [0.717, 1.165) is 47.1 Å². The number of nitrogens with one attached hydrogen (secondary N) is 2. The van der Waals surface area contributed by atoms with Crippen molar-refractivity contribution < 1.29 is 0 Å². The molecule has 4 rings (SSSR count). The van der Waals surface area contributed by atoms with Crippen molar-refractivity contribution in [1.29, 1.82) is 0 Å². The van der Waals surface area contributed by atoms with Gasteiger partial charge in [-0.3, -0.25) is 0 Å². The summed E-state index contributed by atoms with van der Waals surface area (Å²) in [7, 11) is 0. The number of nitrogens with zero attached hydrogens (tertiary/aromatic N) is 2. The second-order valence-electron chi connectivity index (χ2n) is 6.57. The van der Waals surface area contributed by atoms with Gasteiger partial charge in [-0.15, -0.1) is 0 Å². The number of pyridine rings is 1. The molecule has 0 amide bonds. The zero-order valence-corrected chi connectivity index (χ0v) is 14.0. The number of benzene rings is 1. The van der Waals surface area contributed by atoms with Gasteiger partial charge in [0.25, 0.3) is 0 Å². The highest BCUT2D eigenvalue weighted by Gasteiger charge is 2.19. The predicted octanol–water partition coefficient (Wildman–Crippen LogP) is 4.04. The van der Waals surface area contributed by atoms with Crippen molar-refractivity contribution in [3.8, 4) is 11.3 Å². The van der Waals surface area contributed by atoms with E-state index in [-0.39, 0.29) is 0 Å². The standard InChI is InChI=1S/C20H24N4/c1-15-16-7-3-4-8-17(16)20-18(22-15)9-10-19(23-20)21-11-14-24-12-5-2-6-13-24/h3-4,7-10,22H,1-2,5-6,11-14H2,(H,21,23). The number of hydrogen-bond donors (Lipinski definition) is 2. The number of rotatable bonds is 4. The lowest BCUT2D eigenvalue weighted by Gasteiger charge is -2.26. The van der Waals surface area contributed by atoms with Gasteiger partial charge < -0.3 is 15.5 Å². The molecule has 0 unspecified atom stereocenters. The number of piperidine rings is 1. The first-order valence-corrected chi connectivity index (χ1v) is 8.84. The third-order valence-corrected chi connectivity index (χ3v) is 4.87. The van der Waals surface area contributed by atoms with Crippen LogP contribution in [0.5, 0.6) is 0 Å². The summed E-state index contributed by atoms with van der Waals surface area (Å²) >= 11 is 0. The van der Waals surface area contributed by atoms with Gasteiger partial charge in [-0.2, -0.15) is 0 Å². The Morgan fingerprint density at radius 3 is 2.67 bits per heavy atom. The first-order chi connectivity index (χ1) is 11.8. The lowest BCUT2D eigenvalue weighted by Crippen LogP contribution is -2.33. The number of aromatic nitrogens is 1. The van der Waals surface area contributed by atoms with Crippen molar-refractivity contribution in [2.45, 2.75) is 19.3 Å². The Hall–Kier alpha value is -2.33. The maximum absolute atomic E-state index is 4.84. The number of likely N-dealkylation sites (tertiary alicyclic amines) is 1. The molecule has 124 valence electrons. The molecule has 1 saturated heterocycles. The molecular formula is C20H24N4. The molecule has 1 fully saturated rings. The maximum atomic E-state index is 4.84.